The minimum atomic E-state index is -0.901. The lowest BCUT2D eigenvalue weighted by molar-refractivity contribution is 0.0528. The Morgan fingerprint density at radius 3 is 2.59 bits per heavy atom. The molecule has 4 heteroatoms. The summed E-state index contributed by atoms with van der Waals surface area (Å²) in [7, 11) is -0.901. The molecule has 1 aromatic rings. The maximum absolute atomic E-state index is 11.7. The molecule has 0 spiro atoms. The molecule has 0 fully saturated rings. The van der Waals surface area contributed by atoms with Crippen molar-refractivity contribution in [1.29, 1.82) is 0 Å². The lowest BCUT2D eigenvalue weighted by Crippen LogP contribution is -2.35. The van der Waals surface area contributed by atoms with Gasteiger partial charge < -0.3 is 10.1 Å². The van der Waals surface area contributed by atoms with Gasteiger partial charge in [0.05, 0.1) is 8.80 Å². The lowest BCUT2D eigenvalue weighted by atomic mass is 10.1. The minimum absolute atomic E-state index is 0.348. The van der Waals surface area contributed by atoms with Crippen molar-refractivity contribution >= 4 is 20.1 Å². The van der Waals surface area contributed by atoms with E-state index in [-0.39, 0.29) is 6.09 Å². The zero-order chi connectivity index (χ0) is 16.8. The van der Waals surface area contributed by atoms with Crippen LogP contribution in [-0.2, 0) is 17.6 Å². The quantitative estimate of drug-likeness (QED) is 0.646. The Labute approximate surface area is 136 Å². The van der Waals surface area contributed by atoms with E-state index in [4.69, 9.17) is 4.74 Å². The molecule has 0 saturated carbocycles. The molecule has 0 aliphatic carbocycles. The third-order valence-corrected chi connectivity index (χ3v) is 5.06. The first kappa shape index (κ1) is 18.5. The molecule has 1 amide bonds. The van der Waals surface area contributed by atoms with Crippen molar-refractivity contribution in [3.05, 3.63) is 42.0 Å². The Morgan fingerprint density at radius 1 is 1.36 bits per heavy atom. The van der Waals surface area contributed by atoms with Crippen LogP contribution in [0.25, 0.3) is 0 Å². The van der Waals surface area contributed by atoms with E-state index in [0.717, 1.165) is 12.8 Å². The van der Waals surface area contributed by atoms with Gasteiger partial charge in [-0.15, -0.1) is 6.58 Å². The summed E-state index contributed by atoms with van der Waals surface area (Å²) in [5, 5.41) is 4.31. The molecule has 1 rings (SSSR count). The molecule has 0 aromatic heterocycles. The van der Waals surface area contributed by atoms with Crippen LogP contribution in [0.5, 0.6) is 0 Å². The van der Waals surface area contributed by atoms with E-state index < -0.39 is 14.4 Å². The number of carbonyl (C=O) groups is 1. The minimum Gasteiger partial charge on any atom is -0.444 e. The Kier molecular flexibility index (Phi) is 6.88. The Morgan fingerprint density at radius 2 is 2.05 bits per heavy atom. The first-order valence-corrected chi connectivity index (χ1v) is 10.8. The van der Waals surface area contributed by atoms with E-state index in [1.54, 1.807) is 0 Å². The zero-order valence-corrected chi connectivity index (χ0v) is 15.7. The van der Waals surface area contributed by atoms with Crippen LogP contribution in [0.4, 0.5) is 4.79 Å². The van der Waals surface area contributed by atoms with Crippen molar-refractivity contribution in [3.8, 4) is 0 Å². The number of allylic oxidation sites excluding steroid dienone is 1. The number of amides is 1. The summed E-state index contributed by atoms with van der Waals surface area (Å²) in [5.74, 6) is 0. The SMILES string of the molecule is C=CCc1ccc(CCNC(=O)OC(C)(C)C)c([SiH](C)C)c1. The highest BCUT2D eigenvalue weighted by atomic mass is 28.3. The van der Waals surface area contributed by atoms with E-state index in [2.05, 4.69) is 43.2 Å². The number of nitrogens with one attached hydrogen (secondary N) is 1. The maximum atomic E-state index is 11.7. The van der Waals surface area contributed by atoms with Crippen molar-refractivity contribution in [1.82, 2.24) is 5.32 Å². The first-order valence-electron chi connectivity index (χ1n) is 7.92. The van der Waals surface area contributed by atoms with E-state index in [9.17, 15) is 4.79 Å². The Bertz CT molecular complexity index is 518. The molecule has 1 N–H and O–H groups in total. The number of carbonyl (C=O) groups excluding carboxylic acids is 1. The van der Waals surface area contributed by atoms with E-state index in [0.29, 0.717) is 6.54 Å². The van der Waals surface area contributed by atoms with Gasteiger partial charge in [-0.05, 0) is 44.7 Å². The largest absolute Gasteiger partial charge is 0.444 e. The molecular weight excluding hydrogens is 290 g/mol. The highest BCUT2D eigenvalue weighted by Crippen LogP contribution is 2.08. The summed E-state index contributed by atoms with van der Waals surface area (Å²) in [6.07, 6.45) is 3.34. The monoisotopic (exact) mass is 319 g/mol. The van der Waals surface area contributed by atoms with Crippen molar-refractivity contribution in [3.63, 3.8) is 0 Å². The van der Waals surface area contributed by atoms with Crippen molar-refractivity contribution in [2.45, 2.75) is 52.3 Å². The van der Waals surface area contributed by atoms with Crippen LogP contribution in [0.1, 0.15) is 31.9 Å². The number of alkyl carbamates (subject to hydrolysis) is 1. The Balaban J connectivity index is 2.65. The highest BCUT2D eigenvalue weighted by Gasteiger charge is 2.16. The van der Waals surface area contributed by atoms with E-state index in [1.165, 1.54) is 16.3 Å². The second-order valence-electron chi connectivity index (χ2n) is 6.86. The van der Waals surface area contributed by atoms with Gasteiger partial charge in [-0.3, -0.25) is 0 Å². The van der Waals surface area contributed by atoms with Crippen molar-refractivity contribution < 1.29 is 9.53 Å². The van der Waals surface area contributed by atoms with Gasteiger partial charge in [-0.2, -0.15) is 0 Å². The number of hydrogen-bond donors (Lipinski definition) is 1. The van der Waals surface area contributed by atoms with Crippen LogP contribution < -0.4 is 10.5 Å². The van der Waals surface area contributed by atoms with E-state index in [1.807, 2.05) is 26.8 Å². The molecule has 0 unspecified atom stereocenters. The molecule has 0 atom stereocenters. The van der Waals surface area contributed by atoms with Crippen molar-refractivity contribution in [2.75, 3.05) is 6.54 Å². The molecule has 22 heavy (non-hydrogen) atoms. The topological polar surface area (TPSA) is 38.3 Å². The van der Waals surface area contributed by atoms with Crippen LogP contribution in [-0.4, -0.2) is 27.0 Å². The van der Waals surface area contributed by atoms with Crippen LogP contribution in [0.3, 0.4) is 0 Å². The normalized spacial score (nSPS) is 11.4. The van der Waals surface area contributed by atoms with Gasteiger partial charge in [-0.25, -0.2) is 4.79 Å². The van der Waals surface area contributed by atoms with Crippen LogP contribution in [0, 0.1) is 0 Å². The summed E-state index contributed by atoms with van der Waals surface area (Å²) in [5.41, 5.74) is 2.20. The van der Waals surface area contributed by atoms with Gasteiger partial charge in [-0.1, -0.05) is 42.6 Å². The average molecular weight is 320 g/mol. The Hall–Kier alpha value is -1.55. The fourth-order valence-corrected chi connectivity index (χ4v) is 3.85. The van der Waals surface area contributed by atoms with Crippen LogP contribution in [0.2, 0.25) is 13.1 Å². The molecular formula is C18H29NO2Si. The number of rotatable bonds is 6. The standard InChI is InChI=1S/C18H29NO2Si/c1-7-8-14-9-10-15(16(13-14)22(5)6)11-12-19-17(20)21-18(2,3)4/h7,9-10,13,22H,1,8,11-12H2,2-6H3,(H,19,20). The predicted octanol–water partition coefficient (Wildman–Crippen LogP) is 3.18. The first-order chi connectivity index (χ1) is 10.2. The molecule has 1 aromatic carbocycles. The van der Waals surface area contributed by atoms with Gasteiger partial charge >= 0.3 is 6.09 Å². The van der Waals surface area contributed by atoms with Gasteiger partial charge in [0, 0.05) is 6.54 Å². The second kappa shape index (κ2) is 8.18. The number of ether oxygens (including phenoxy) is 1. The molecule has 122 valence electrons. The third kappa shape index (κ3) is 6.48. The van der Waals surface area contributed by atoms with Crippen LogP contribution in [0.15, 0.2) is 30.9 Å². The van der Waals surface area contributed by atoms with E-state index >= 15 is 0 Å². The van der Waals surface area contributed by atoms with Crippen LogP contribution >= 0.6 is 0 Å². The molecule has 0 radical (unpaired) electrons. The van der Waals surface area contributed by atoms with Crippen molar-refractivity contribution in [2.24, 2.45) is 0 Å². The van der Waals surface area contributed by atoms with Gasteiger partial charge in [0.1, 0.15) is 5.60 Å². The highest BCUT2D eigenvalue weighted by molar-refractivity contribution is 6.71. The molecule has 0 aliphatic heterocycles. The smallest absolute Gasteiger partial charge is 0.407 e. The van der Waals surface area contributed by atoms with Gasteiger partial charge in [0.25, 0.3) is 0 Å². The summed E-state index contributed by atoms with van der Waals surface area (Å²) in [6, 6.07) is 6.66. The second-order valence-corrected chi connectivity index (χ2v) is 9.79. The molecule has 0 bridgehead atoms. The summed E-state index contributed by atoms with van der Waals surface area (Å²) in [6.45, 7) is 14.7. The number of benzene rings is 1. The molecule has 3 nitrogen and oxygen atoms in total. The molecule has 0 heterocycles. The molecule has 0 saturated heterocycles. The predicted molar refractivity (Wildman–Crippen MR) is 96.8 cm³/mol. The third-order valence-electron chi connectivity index (χ3n) is 3.27. The zero-order valence-electron chi connectivity index (χ0n) is 14.5. The summed E-state index contributed by atoms with van der Waals surface area (Å²) < 4.78 is 5.25. The maximum Gasteiger partial charge on any atom is 0.407 e. The fourth-order valence-electron chi connectivity index (χ4n) is 2.32. The summed E-state index contributed by atoms with van der Waals surface area (Å²) >= 11 is 0. The lowest BCUT2D eigenvalue weighted by Gasteiger charge is -2.20. The number of hydrogen-bond acceptors (Lipinski definition) is 2. The summed E-state index contributed by atoms with van der Waals surface area (Å²) in [4.78, 5) is 11.7. The van der Waals surface area contributed by atoms with Gasteiger partial charge in [0.2, 0.25) is 0 Å². The fraction of sp³-hybridized carbons (Fsp3) is 0.500. The average Bonchev–Trinajstić information content (AvgIpc) is 2.38. The molecule has 0 aliphatic rings. The van der Waals surface area contributed by atoms with Gasteiger partial charge in [0.15, 0.2) is 0 Å².